The molecule has 0 fully saturated rings. The molecule has 108 valence electrons. The van der Waals surface area contributed by atoms with E-state index < -0.39 is 0 Å². The molecular weight excluding hydrogens is 284 g/mol. The lowest BCUT2D eigenvalue weighted by Gasteiger charge is -2.04. The van der Waals surface area contributed by atoms with Crippen LogP contribution in [-0.4, -0.2) is 27.2 Å². The molecule has 3 aromatic rings. The third-order valence-corrected chi connectivity index (χ3v) is 4.30. The maximum absolute atomic E-state index is 12.2. The second-order valence-electron chi connectivity index (χ2n) is 4.89. The zero-order valence-corrected chi connectivity index (χ0v) is 12.8. The molecule has 6 heteroatoms. The van der Waals surface area contributed by atoms with Gasteiger partial charge in [-0.25, -0.2) is 4.98 Å². The van der Waals surface area contributed by atoms with Crippen molar-refractivity contribution >= 4 is 28.3 Å². The van der Waals surface area contributed by atoms with E-state index in [2.05, 4.69) is 21.5 Å². The van der Waals surface area contributed by atoms with Crippen molar-refractivity contribution in [3.05, 3.63) is 45.9 Å². The molecule has 0 saturated carbocycles. The van der Waals surface area contributed by atoms with Gasteiger partial charge in [-0.3, -0.25) is 9.48 Å². The Morgan fingerprint density at radius 2 is 2.33 bits per heavy atom. The Bertz CT molecular complexity index is 776. The van der Waals surface area contributed by atoms with Gasteiger partial charge in [0.15, 0.2) is 5.65 Å². The van der Waals surface area contributed by atoms with Crippen molar-refractivity contribution in [2.75, 3.05) is 6.54 Å². The molecule has 0 saturated heterocycles. The van der Waals surface area contributed by atoms with Gasteiger partial charge in [0.25, 0.3) is 5.91 Å². The highest BCUT2D eigenvalue weighted by atomic mass is 32.1. The van der Waals surface area contributed by atoms with Gasteiger partial charge in [0.1, 0.15) is 0 Å². The fourth-order valence-corrected chi connectivity index (χ4v) is 3.00. The summed E-state index contributed by atoms with van der Waals surface area (Å²) in [6.45, 7) is 2.55. The first-order valence-electron chi connectivity index (χ1n) is 6.75. The first-order chi connectivity index (χ1) is 10.1. The molecule has 3 aromatic heterocycles. The van der Waals surface area contributed by atoms with Crippen molar-refractivity contribution < 1.29 is 4.79 Å². The summed E-state index contributed by atoms with van der Waals surface area (Å²) in [6, 6.07) is 5.94. The van der Waals surface area contributed by atoms with E-state index in [1.807, 2.05) is 31.5 Å². The van der Waals surface area contributed by atoms with Crippen LogP contribution in [0.4, 0.5) is 0 Å². The predicted molar refractivity (Wildman–Crippen MR) is 83.6 cm³/mol. The number of nitrogens with zero attached hydrogens (tertiary/aromatic N) is 3. The molecular formula is C15H16N4OS. The number of amides is 1. The lowest BCUT2D eigenvalue weighted by molar-refractivity contribution is 0.0954. The number of hydrogen-bond donors (Lipinski definition) is 1. The largest absolute Gasteiger partial charge is 0.352 e. The van der Waals surface area contributed by atoms with Crippen molar-refractivity contribution in [1.29, 1.82) is 0 Å². The molecule has 21 heavy (non-hydrogen) atoms. The number of carbonyl (C=O) groups excluding carboxylic acids is 1. The van der Waals surface area contributed by atoms with Crippen molar-refractivity contribution in [2.45, 2.75) is 13.3 Å². The van der Waals surface area contributed by atoms with Gasteiger partial charge < -0.3 is 5.32 Å². The molecule has 0 radical (unpaired) electrons. The van der Waals surface area contributed by atoms with Crippen LogP contribution in [-0.2, 0) is 13.5 Å². The fourth-order valence-electron chi connectivity index (χ4n) is 2.29. The number of rotatable bonds is 4. The van der Waals surface area contributed by atoms with Crippen LogP contribution in [0.1, 0.15) is 20.9 Å². The topological polar surface area (TPSA) is 59.8 Å². The van der Waals surface area contributed by atoms with Crippen LogP contribution in [0.25, 0.3) is 11.0 Å². The average molecular weight is 300 g/mol. The van der Waals surface area contributed by atoms with Crippen LogP contribution in [0.2, 0.25) is 0 Å². The number of hydrogen-bond acceptors (Lipinski definition) is 4. The van der Waals surface area contributed by atoms with Crippen LogP contribution >= 0.6 is 11.3 Å². The van der Waals surface area contributed by atoms with Gasteiger partial charge in [-0.15, -0.1) is 11.3 Å². The van der Waals surface area contributed by atoms with E-state index in [9.17, 15) is 4.79 Å². The minimum absolute atomic E-state index is 0.0933. The Morgan fingerprint density at radius 1 is 1.48 bits per heavy atom. The van der Waals surface area contributed by atoms with Crippen LogP contribution < -0.4 is 5.32 Å². The van der Waals surface area contributed by atoms with Gasteiger partial charge >= 0.3 is 0 Å². The van der Waals surface area contributed by atoms with E-state index >= 15 is 0 Å². The van der Waals surface area contributed by atoms with E-state index in [-0.39, 0.29) is 5.91 Å². The second kappa shape index (κ2) is 5.65. The normalized spacial score (nSPS) is 11.0. The number of pyridine rings is 1. The van der Waals surface area contributed by atoms with E-state index in [0.717, 1.165) is 23.1 Å². The van der Waals surface area contributed by atoms with Crippen molar-refractivity contribution in [3.63, 3.8) is 0 Å². The predicted octanol–water partition coefficient (Wildman–Crippen LogP) is 2.31. The lowest BCUT2D eigenvalue weighted by Crippen LogP contribution is -2.25. The van der Waals surface area contributed by atoms with E-state index in [4.69, 9.17) is 0 Å². The van der Waals surface area contributed by atoms with Gasteiger partial charge in [0.05, 0.1) is 11.3 Å². The number of nitrogens with one attached hydrogen (secondary N) is 1. The summed E-state index contributed by atoms with van der Waals surface area (Å²) in [5.41, 5.74) is 2.25. The quantitative estimate of drug-likeness (QED) is 0.804. The number of fused-ring (bicyclic) bond motifs is 1. The maximum Gasteiger partial charge on any atom is 0.252 e. The Balaban J connectivity index is 1.71. The molecule has 1 N–H and O–H groups in total. The standard InChI is InChI=1S/C15H16N4OS/c1-10-13-8-11(9-17-14(13)19(2)18-10)15(20)16-6-5-12-4-3-7-21-12/h3-4,7-9H,5-6H2,1-2H3,(H,16,20). The van der Waals surface area contributed by atoms with E-state index in [1.54, 1.807) is 22.2 Å². The van der Waals surface area contributed by atoms with E-state index in [0.29, 0.717) is 12.1 Å². The van der Waals surface area contributed by atoms with Crippen LogP contribution in [0, 0.1) is 6.92 Å². The van der Waals surface area contributed by atoms with Crippen LogP contribution in [0.15, 0.2) is 29.8 Å². The fraction of sp³-hybridized carbons (Fsp3) is 0.267. The molecule has 0 spiro atoms. The molecule has 0 unspecified atom stereocenters. The first kappa shape index (κ1) is 13.8. The molecule has 3 rings (SSSR count). The highest BCUT2D eigenvalue weighted by Gasteiger charge is 2.11. The smallest absolute Gasteiger partial charge is 0.252 e. The Kier molecular flexibility index (Phi) is 3.70. The molecule has 0 atom stereocenters. The van der Waals surface area contributed by atoms with Gasteiger partial charge in [-0.2, -0.15) is 5.10 Å². The van der Waals surface area contributed by atoms with Crippen LogP contribution in [0.5, 0.6) is 0 Å². The summed E-state index contributed by atoms with van der Waals surface area (Å²) < 4.78 is 1.73. The van der Waals surface area contributed by atoms with Gasteiger partial charge in [0.2, 0.25) is 0 Å². The minimum Gasteiger partial charge on any atom is -0.352 e. The summed E-state index contributed by atoms with van der Waals surface area (Å²) in [5, 5.41) is 10.2. The number of thiophene rings is 1. The van der Waals surface area contributed by atoms with E-state index in [1.165, 1.54) is 4.88 Å². The average Bonchev–Trinajstić information content (AvgIpc) is 3.08. The summed E-state index contributed by atoms with van der Waals surface area (Å²) >= 11 is 1.70. The number of carbonyl (C=O) groups is 1. The second-order valence-corrected chi connectivity index (χ2v) is 5.92. The molecule has 3 heterocycles. The number of aromatic nitrogens is 3. The molecule has 0 aliphatic rings. The molecule has 1 amide bonds. The highest BCUT2D eigenvalue weighted by molar-refractivity contribution is 7.09. The molecule has 5 nitrogen and oxygen atoms in total. The summed E-state index contributed by atoms with van der Waals surface area (Å²) in [6.07, 6.45) is 2.45. The summed E-state index contributed by atoms with van der Waals surface area (Å²) in [7, 11) is 1.85. The summed E-state index contributed by atoms with van der Waals surface area (Å²) in [5.74, 6) is -0.0933. The monoisotopic (exact) mass is 300 g/mol. The Hall–Kier alpha value is -2.21. The third kappa shape index (κ3) is 2.80. The Labute approximate surface area is 126 Å². The summed E-state index contributed by atoms with van der Waals surface area (Å²) in [4.78, 5) is 17.8. The molecule has 0 aromatic carbocycles. The molecule has 0 aliphatic heterocycles. The molecule has 0 bridgehead atoms. The minimum atomic E-state index is -0.0933. The van der Waals surface area contributed by atoms with Crippen LogP contribution in [0.3, 0.4) is 0 Å². The van der Waals surface area contributed by atoms with Gasteiger partial charge in [0, 0.05) is 30.1 Å². The third-order valence-electron chi connectivity index (χ3n) is 3.36. The molecule has 0 aliphatic carbocycles. The Morgan fingerprint density at radius 3 is 3.10 bits per heavy atom. The SMILES string of the molecule is Cc1nn(C)c2ncc(C(=O)NCCc3cccs3)cc12. The highest BCUT2D eigenvalue weighted by Crippen LogP contribution is 2.16. The van der Waals surface area contributed by atoms with Gasteiger partial charge in [-0.05, 0) is 30.9 Å². The number of aryl methyl sites for hydroxylation is 2. The lowest BCUT2D eigenvalue weighted by atomic mass is 10.2. The van der Waals surface area contributed by atoms with Crippen molar-refractivity contribution in [2.24, 2.45) is 7.05 Å². The van der Waals surface area contributed by atoms with Gasteiger partial charge in [-0.1, -0.05) is 6.07 Å². The maximum atomic E-state index is 12.2. The first-order valence-corrected chi connectivity index (χ1v) is 7.63. The zero-order valence-electron chi connectivity index (χ0n) is 12.0. The zero-order chi connectivity index (χ0) is 14.8. The van der Waals surface area contributed by atoms with Crippen molar-refractivity contribution in [1.82, 2.24) is 20.1 Å². The van der Waals surface area contributed by atoms with Crippen molar-refractivity contribution in [3.8, 4) is 0 Å².